The third-order valence-electron chi connectivity index (χ3n) is 2.96. The Morgan fingerprint density at radius 3 is 2.57 bits per heavy atom. The van der Waals surface area contributed by atoms with Crippen LogP contribution in [0.5, 0.6) is 0 Å². The van der Waals surface area contributed by atoms with Crippen molar-refractivity contribution >= 4 is 33.8 Å². The van der Waals surface area contributed by atoms with Crippen molar-refractivity contribution in [2.24, 2.45) is 5.73 Å². The fourth-order valence-corrected chi connectivity index (χ4v) is 2.56. The van der Waals surface area contributed by atoms with Gasteiger partial charge in [0.1, 0.15) is 0 Å². The first-order valence-electron chi connectivity index (χ1n) is 6.94. The fourth-order valence-electron chi connectivity index (χ4n) is 1.85. The van der Waals surface area contributed by atoms with E-state index >= 15 is 0 Å². The molecule has 0 aliphatic heterocycles. The highest BCUT2D eigenvalue weighted by molar-refractivity contribution is 7.13. The van der Waals surface area contributed by atoms with Crippen LogP contribution in [0.25, 0.3) is 0 Å². The lowest BCUT2D eigenvalue weighted by Crippen LogP contribution is -2.35. The largest absolute Gasteiger partial charge is 0.332 e. The Morgan fingerprint density at radius 2 is 2.00 bits per heavy atom. The third-order valence-corrected chi connectivity index (χ3v) is 3.83. The van der Waals surface area contributed by atoms with Crippen LogP contribution in [-0.2, 0) is 4.79 Å². The summed E-state index contributed by atoms with van der Waals surface area (Å²) in [5.74, 6) is -0.145. The summed E-state index contributed by atoms with van der Waals surface area (Å²) < 4.78 is 0. The maximum absolute atomic E-state index is 11.8. The molecule has 5 nitrogen and oxygen atoms in total. The van der Waals surface area contributed by atoms with Gasteiger partial charge in [0, 0.05) is 16.8 Å². The average Bonchev–Trinajstić information content (AvgIpc) is 2.86. The van der Waals surface area contributed by atoms with Crippen molar-refractivity contribution in [3.05, 3.63) is 35.3 Å². The normalized spacial score (nSPS) is 12.0. The Kier molecular flexibility index (Phi) is 5.30. The zero-order valence-corrected chi connectivity index (χ0v) is 13.0. The number of carbonyl (C=O) groups is 1. The number of anilines is 3. The number of benzene rings is 1. The first-order valence-corrected chi connectivity index (χ1v) is 7.82. The molecule has 2 rings (SSSR count). The lowest BCUT2D eigenvalue weighted by atomic mass is 10.1. The fraction of sp³-hybridized carbons (Fsp3) is 0.333. The van der Waals surface area contributed by atoms with E-state index in [4.69, 9.17) is 5.73 Å². The predicted octanol–water partition coefficient (Wildman–Crippen LogP) is 3.26. The van der Waals surface area contributed by atoms with Crippen LogP contribution in [-0.4, -0.2) is 16.9 Å². The molecule has 1 atom stereocenters. The number of nitrogens with one attached hydrogen (secondary N) is 2. The second kappa shape index (κ2) is 7.19. The van der Waals surface area contributed by atoms with Gasteiger partial charge in [-0.1, -0.05) is 13.3 Å². The maximum atomic E-state index is 11.8. The van der Waals surface area contributed by atoms with E-state index in [1.807, 2.05) is 43.5 Å². The monoisotopic (exact) mass is 304 g/mol. The number of nitrogens with zero attached hydrogens (tertiary/aromatic N) is 1. The summed E-state index contributed by atoms with van der Waals surface area (Å²) in [6.45, 7) is 3.97. The molecule has 6 heteroatoms. The molecular formula is C15H20N4OS. The number of nitrogens with two attached hydrogens (primary N) is 1. The zero-order valence-electron chi connectivity index (χ0n) is 12.2. The van der Waals surface area contributed by atoms with Crippen LogP contribution in [0.3, 0.4) is 0 Å². The second-order valence-corrected chi connectivity index (χ2v) is 5.74. The molecule has 1 aromatic carbocycles. The molecule has 1 heterocycles. The van der Waals surface area contributed by atoms with Gasteiger partial charge in [0.25, 0.3) is 0 Å². The van der Waals surface area contributed by atoms with Gasteiger partial charge in [-0.25, -0.2) is 4.98 Å². The van der Waals surface area contributed by atoms with Crippen LogP contribution in [0, 0.1) is 6.92 Å². The quantitative estimate of drug-likeness (QED) is 0.765. The molecule has 0 aliphatic rings. The van der Waals surface area contributed by atoms with E-state index in [-0.39, 0.29) is 5.91 Å². The van der Waals surface area contributed by atoms with Gasteiger partial charge in [-0.05, 0) is 37.6 Å². The third kappa shape index (κ3) is 4.54. The summed E-state index contributed by atoms with van der Waals surface area (Å²) in [5, 5.41) is 8.88. The molecular weight excluding hydrogens is 284 g/mol. The molecule has 0 saturated carbocycles. The molecule has 21 heavy (non-hydrogen) atoms. The number of amides is 1. The van der Waals surface area contributed by atoms with Crippen molar-refractivity contribution in [1.82, 2.24) is 4.98 Å². The minimum absolute atomic E-state index is 0.145. The number of rotatable bonds is 6. The van der Waals surface area contributed by atoms with Crippen LogP contribution in [0.1, 0.15) is 25.5 Å². The van der Waals surface area contributed by atoms with E-state index in [0.717, 1.165) is 28.6 Å². The van der Waals surface area contributed by atoms with Gasteiger partial charge in [0.2, 0.25) is 5.91 Å². The van der Waals surface area contributed by atoms with E-state index in [1.165, 1.54) is 0 Å². The molecule has 0 spiro atoms. The van der Waals surface area contributed by atoms with Gasteiger partial charge in [-0.3, -0.25) is 4.79 Å². The van der Waals surface area contributed by atoms with Crippen LogP contribution in [0.4, 0.5) is 16.5 Å². The molecule has 1 unspecified atom stereocenters. The summed E-state index contributed by atoms with van der Waals surface area (Å²) in [7, 11) is 0. The lowest BCUT2D eigenvalue weighted by molar-refractivity contribution is -0.117. The first-order chi connectivity index (χ1) is 10.1. The summed E-state index contributed by atoms with van der Waals surface area (Å²) in [5.41, 5.74) is 8.45. The Morgan fingerprint density at radius 1 is 1.33 bits per heavy atom. The van der Waals surface area contributed by atoms with Crippen LogP contribution < -0.4 is 16.4 Å². The van der Waals surface area contributed by atoms with Crippen molar-refractivity contribution < 1.29 is 4.79 Å². The van der Waals surface area contributed by atoms with Crippen molar-refractivity contribution in [3.8, 4) is 0 Å². The number of carbonyl (C=O) groups excluding carboxylic acids is 1. The van der Waals surface area contributed by atoms with Crippen LogP contribution in [0.2, 0.25) is 0 Å². The molecule has 0 radical (unpaired) electrons. The topological polar surface area (TPSA) is 80.0 Å². The summed E-state index contributed by atoms with van der Waals surface area (Å²) in [6.07, 6.45) is 1.58. The van der Waals surface area contributed by atoms with E-state index in [0.29, 0.717) is 6.42 Å². The van der Waals surface area contributed by atoms with E-state index in [1.54, 1.807) is 11.3 Å². The Bertz CT molecular complexity index is 594. The van der Waals surface area contributed by atoms with Crippen molar-refractivity contribution in [1.29, 1.82) is 0 Å². The van der Waals surface area contributed by atoms with Gasteiger partial charge in [0.15, 0.2) is 5.13 Å². The molecule has 0 fully saturated rings. The van der Waals surface area contributed by atoms with Gasteiger partial charge in [-0.2, -0.15) is 0 Å². The standard InChI is InChI=1S/C15H20N4OS/c1-3-4-13(16)14(20)18-11-5-7-12(8-6-11)19-15-17-10(2)9-21-15/h5-9,13H,3-4,16H2,1-2H3,(H,17,19)(H,18,20). The van der Waals surface area contributed by atoms with Crippen LogP contribution >= 0.6 is 11.3 Å². The molecule has 0 saturated heterocycles. The predicted molar refractivity (Wildman–Crippen MR) is 88.1 cm³/mol. The number of aryl methyl sites for hydroxylation is 1. The smallest absolute Gasteiger partial charge is 0.241 e. The minimum Gasteiger partial charge on any atom is -0.332 e. The second-order valence-electron chi connectivity index (χ2n) is 4.88. The van der Waals surface area contributed by atoms with Gasteiger partial charge in [0.05, 0.1) is 11.7 Å². The van der Waals surface area contributed by atoms with E-state index in [2.05, 4.69) is 15.6 Å². The van der Waals surface area contributed by atoms with Crippen molar-refractivity contribution in [2.75, 3.05) is 10.6 Å². The number of hydrogen-bond donors (Lipinski definition) is 3. The van der Waals surface area contributed by atoms with Crippen molar-refractivity contribution in [2.45, 2.75) is 32.7 Å². The summed E-state index contributed by atoms with van der Waals surface area (Å²) in [6, 6.07) is 7.04. The van der Waals surface area contributed by atoms with Gasteiger partial charge >= 0.3 is 0 Å². The molecule has 0 aliphatic carbocycles. The van der Waals surface area contributed by atoms with E-state index < -0.39 is 6.04 Å². The molecule has 4 N–H and O–H groups in total. The SMILES string of the molecule is CCCC(N)C(=O)Nc1ccc(Nc2nc(C)cs2)cc1. The number of hydrogen-bond acceptors (Lipinski definition) is 5. The molecule has 2 aromatic rings. The van der Waals surface area contributed by atoms with E-state index in [9.17, 15) is 4.79 Å². The Balaban J connectivity index is 1.94. The summed E-state index contributed by atoms with van der Waals surface area (Å²) >= 11 is 1.56. The van der Waals surface area contributed by atoms with Crippen LogP contribution in [0.15, 0.2) is 29.6 Å². The zero-order chi connectivity index (χ0) is 15.2. The highest BCUT2D eigenvalue weighted by Crippen LogP contribution is 2.22. The Hall–Kier alpha value is -1.92. The van der Waals surface area contributed by atoms with Crippen molar-refractivity contribution in [3.63, 3.8) is 0 Å². The molecule has 1 aromatic heterocycles. The number of aromatic nitrogens is 1. The molecule has 0 bridgehead atoms. The highest BCUT2D eigenvalue weighted by Gasteiger charge is 2.12. The molecule has 1 amide bonds. The van der Waals surface area contributed by atoms with Gasteiger partial charge in [-0.15, -0.1) is 11.3 Å². The average molecular weight is 304 g/mol. The maximum Gasteiger partial charge on any atom is 0.241 e. The minimum atomic E-state index is -0.453. The lowest BCUT2D eigenvalue weighted by Gasteiger charge is -2.11. The first kappa shape index (κ1) is 15.5. The Labute approximate surface area is 128 Å². The highest BCUT2D eigenvalue weighted by atomic mass is 32.1. The summed E-state index contributed by atoms with van der Waals surface area (Å²) in [4.78, 5) is 16.2. The number of thiazole rings is 1. The van der Waals surface area contributed by atoms with Gasteiger partial charge < -0.3 is 16.4 Å². The molecule has 112 valence electrons.